The molecule has 0 aliphatic carbocycles. The van der Waals surface area contributed by atoms with E-state index in [2.05, 4.69) is 20.6 Å². The van der Waals surface area contributed by atoms with Crippen molar-refractivity contribution in [1.82, 2.24) is 9.97 Å². The first-order chi connectivity index (χ1) is 9.51. The van der Waals surface area contributed by atoms with Gasteiger partial charge in [-0.05, 0) is 6.92 Å². The Kier molecular flexibility index (Phi) is 5.55. The molecule has 10 nitrogen and oxygen atoms in total. The zero-order valence-electron chi connectivity index (χ0n) is 10.9. The Labute approximate surface area is 114 Å². The third-order valence-corrected chi connectivity index (χ3v) is 2.59. The lowest BCUT2D eigenvalue weighted by Crippen LogP contribution is -2.49. The maximum absolute atomic E-state index is 10.9. The molecule has 0 fully saturated rings. The molecule has 5 N–H and O–H groups in total. The number of hydrogen-bond acceptors (Lipinski definition) is 9. The predicted molar refractivity (Wildman–Crippen MR) is 70.5 cm³/mol. The standard InChI is InChI=1S/C10H17N5O5/c1-2-11-9-12-3-7(15(19)20)8(13-9)14-10(4-16,5-17)6-18/h3,16-18H,2,4-6H2,1H3,(H2,11,12,13,14). The van der Waals surface area contributed by atoms with Gasteiger partial charge in [0.15, 0.2) is 0 Å². The van der Waals surface area contributed by atoms with Gasteiger partial charge in [-0.1, -0.05) is 0 Å². The van der Waals surface area contributed by atoms with Crippen LogP contribution in [0.3, 0.4) is 0 Å². The smallest absolute Gasteiger partial charge is 0.329 e. The van der Waals surface area contributed by atoms with Gasteiger partial charge in [0.1, 0.15) is 11.7 Å². The van der Waals surface area contributed by atoms with Crippen LogP contribution in [0.5, 0.6) is 0 Å². The maximum Gasteiger partial charge on any atom is 0.329 e. The molecule has 0 aromatic carbocycles. The second kappa shape index (κ2) is 6.93. The van der Waals surface area contributed by atoms with Crippen LogP contribution in [0.1, 0.15) is 6.92 Å². The summed E-state index contributed by atoms with van der Waals surface area (Å²) < 4.78 is 0. The van der Waals surface area contributed by atoms with E-state index in [9.17, 15) is 25.4 Å². The largest absolute Gasteiger partial charge is 0.394 e. The van der Waals surface area contributed by atoms with Crippen molar-refractivity contribution < 1.29 is 20.2 Å². The molecule has 1 aromatic rings. The molecule has 0 spiro atoms. The summed E-state index contributed by atoms with van der Waals surface area (Å²) in [7, 11) is 0. The molecule has 0 aliphatic rings. The van der Waals surface area contributed by atoms with Crippen LogP contribution in [0.4, 0.5) is 17.5 Å². The van der Waals surface area contributed by atoms with Gasteiger partial charge >= 0.3 is 5.69 Å². The number of hydrogen-bond donors (Lipinski definition) is 5. The van der Waals surface area contributed by atoms with Crippen molar-refractivity contribution in [2.24, 2.45) is 0 Å². The first-order valence-corrected chi connectivity index (χ1v) is 5.88. The minimum Gasteiger partial charge on any atom is -0.394 e. The van der Waals surface area contributed by atoms with E-state index in [-0.39, 0.29) is 11.8 Å². The Morgan fingerprint density at radius 3 is 2.40 bits per heavy atom. The van der Waals surface area contributed by atoms with Crippen LogP contribution >= 0.6 is 0 Å². The fourth-order valence-corrected chi connectivity index (χ4v) is 1.36. The van der Waals surface area contributed by atoms with Gasteiger partial charge in [-0.25, -0.2) is 4.98 Å². The highest BCUT2D eigenvalue weighted by atomic mass is 16.6. The first kappa shape index (κ1) is 16.0. The van der Waals surface area contributed by atoms with Gasteiger partial charge in [0.2, 0.25) is 11.8 Å². The van der Waals surface area contributed by atoms with Gasteiger partial charge in [0.05, 0.1) is 24.7 Å². The average molecular weight is 287 g/mol. The van der Waals surface area contributed by atoms with Crippen LogP contribution in [0.15, 0.2) is 6.20 Å². The molecule has 0 aliphatic heterocycles. The summed E-state index contributed by atoms with van der Waals surface area (Å²) in [6.07, 6.45) is 1.00. The van der Waals surface area contributed by atoms with E-state index in [0.717, 1.165) is 6.20 Å². The molecule has 0 amide bonds. The minimum atomic E-state index is -1.51. The Bertz CT molecular complexity index is 457. The Balaban J connectivity index is 3.18. The molecule has 0 saturated heterocycles. The van der Waals surface area contributed by atoms with Gasteiger partial charge in [-0.3, -0.25) is 10.1 Å². The fraction of sp³-hybridized carbons (Fsp3) is 0.600. The van der Waals surface area contributed by atoms with Crippen molar-refractivity contribution in [2.75, 3.05) is 37.0 Å². The normalized spacial score (nSPS) is 11.2. The molecule has 0 atom stereocenters. The topological polar surface area (TPSA) is 154 Å². The Hall–Kier alpha value is -2.04. The SMILES string of the molecule is CCNc1ncc([N+](=O)[O-])c(NC(CO)(CO)CO)n1. The molecule has 112 valence electrons. The molecule has 1 aromatic heterocycles. The first-order valence-electron chi connectivity index (χ1n) is 5.88. The van der Waals surface area contributed by atoms with Gasteiger partial charge in [0.25, 0.3) is 0 Å². The van der Waals surface area contributed by atoms with Gasteiger partial charge in [-0.15, -0.1) is 0 Å². The molecule has 1 rings (SSSR count). The summed E-state index contributed by atoms with van der Waals surface area (Å²) in [6.45, 7) is 0.437. The summed E-state index contributed by atoms with van der Waals surface area (Å²) in [6, 6.07) is 0. The van der Waals surface area contributed by atoms with E-state index in [1.54, 1.807) is 6.92 Å². The summed E-state index contributed by atoms with van der Waals surface area (Å²) in [5.74, 6) is -0.0404. The van der Waals surface area contributed by atoms with Crippen LogP contribution in [0, 0.1) is 10.1 Å². The van der Waals surface area contributed by atoms with E-state index in [0.29, 0.717) is 6.54 Å². The molecule has 0 saturated carbocycles. The minimum absolute atomic E-state index is 0.156. The molecule has 1 heterocycles. The summed E-state index contributed by atoms with van der Waals surface area (Å²) in [5.41, 5.74) is -1.94. The van der Waals surface area contributed by atoms with E-state index in [1.165, 1.54) is 0 Å². The highest BCUT2D eigenvalue weighted by Crippen LogP contribution is 2.25. The summed E-state index contributed by atoms with van der Waals surface area (Å²) in [5, 5.41) is 43.9. The zero-order chi connectivity index (χ0) is 15.2. The van der Waals surface area contributed by atoms with Crippen LogP contribution in [0.2, 0.25) is 0 Å². The number of nitro groups is 1. The molecular weight excluding hydrogens is 270 g/mol. The number of rotatable bonds is 8. The monoisotopic (exact) mass is 287 g/mol. The lowest BCUT2D eigenvalue weighted by molar-refractivity contribution is -0.384. The molecular formula is C10H17N5O5. The van der Waals surface area contributed by atoms with E-state index in [1.807, 2.05) is 0 Å². The highest BCUT2D eigenvalue weighted by Gasteiger charge is 2.31. The van der Waals surface area contributed by atoms with Crippen LogP contribution < -0.4 is 10.6 Å². The summed E-state index contributed by atoms with van der Waals surface area (Å²) >= 11 is 0. The van der Waals surface area contributed by atoms with Crippen molar-refractivity contribution in [1.29, 1.82) is 0 Å². The number of aliphatic hydroxyl groups excluding tert-OH is 3. The highest BCUT2D eigenvalue weighted by molar-refractivity contribution is 5.58. The summed E-state index contributed by atoms with van der Waals surface area (Å²) in [4.78, 5) is 17.9. The lowest BCUT2D eigenvalue weighted by atomic mass is 10.0. The Morgan fingerprint density at radius 1 is 1.35 bits per heavy atom. The Morgan fingerprint density at radius 2 is 1.95 bits per heavy atom. The van der Waals surface area contributed by atoms with E-state index < -0.39 is 36.0 Å². The van der Waals surface area contributed by atoms with Crippen molar-refractivity contribution in [3.05, 3.63) is 16.3 Å². The van der Waals surface area contributed by atoms with Crippen LogP contribution in [-0.4, -0.2) is 62.1 Å². The lowest BCUT2D eigenvalue weighted by Gasteiger charge is -2.28. The molecule has 0 radical (unpaired) electrons. The number of nitrogens with one attached hydrogen (secondary N) is 2. The van der Waals surface area contributed by atoms with Crippen molar-refractivity contribution in [2.45, 2.75) is 12.5 Å². The van der Waals surface area contributed by atoms with Gasteiger partial charge < -0.3 is 26.0 Å². The van der Waals surface area contributed by atoms with E-state index in [4.69, 9.17) is 0 Å². The predicted octanol–water partition coefficient (Wildman–Crippen LogP) is -1.06. The van der Waals surface area contributed by atoms with Gasteiger partial charge in [-0.2, -0.15) is 4.98 Å². The molecule has 0 bridgehead atoms. The number of aromatic nitrogens is 2. The average Bonchev–Trinajstić information content (AvgIpc) is 2.45. The van der Waals surface area contributed by atoms with Gasteiger partial charge in [0, 0.05) is 6.54 Å². The van der Waals surface area contributed by atoms with Crippen LogP contribution in [-0.2, 0) is 0 Å². The number of aliphatic hydroxyl groups is 3. The van der Waals surface area contributed by atoms with Crippen molar-refractivity contribution >= 4 is 17.5 Å². The van der Waals surface area contributed by atoms with Crippen LogP contribution in [0.25, 0.3) is 0 Å². The third-order valence-electron chi connectivity index (χ3n) is 2.59. The number of anilines is 2. The van der Waals surface area contributed by atoms with Crippen molar-refractivity contribution in [3.8, 4) is 0 Å². The fourth-order valence-electron chi connectivity index (χ4n) is 1.36. The zero-order valence-corrected chi connectivity index (χ0v) is 10.9. The molecule has 10 heteroatoms. The maximum atomic E-state index is 10.9. The second-order valence-corrected chi connectivity index (χ2v) is 4.09. The number of nitrogens with zero attached hydrogens (tertiary/aromatic N) is 3. The van der Waals surface area contributed by atoms with Crippen molar-refractivity contribution in [3.63, 3.8) is 0 Å². The molecule has 0 unspecified atom stereocenters. The molecule has 20 heavy (non-hydrogen) atoms. The quantitative estimate of drug-likeness (QED) is 0.297. The van der Waals surface area contributed by atoms with E-state index >= 15 is 0 Å². The third kappa shape index (κ3) is 3.50. The second-order valence-electron chi connectivity index (χ2n) is 4.09.